The Kier molecular flexibility index (Phi) is 7.13. The number of piperidine rings is 1. The zero-order valence-corrected chi connectivity index (χ0v) is 15.7. The fourth-order valence-electron chi connectivity index (χ4n) is 3.54. The van der Waals surface area contributed by atoms with Gasteiger partial charge in [0.05, 0.1) is 11.4 Å². The number of hydrogen-bond acceptors (Lipinski definition) is 4. The van der Waals surface area contributed by atoms with E-state index in [4.69, 9.17) is 5.73 Å². The number of benzene rings is 1. The second-order valence-corrected chi connectivity index (χ2v) is 6.75. The summed E-state index contributed by atoms with van der Waals surface area (Å²) >= 11 is 0. The lowest BCUT2D eigenvalue weighted by Gasteiger charge is -2.34. The Balaban J connectivity index is 2.24. The van der Waals surface area contributed by atoms with Crippen molar-refractivity contribution >= 4 is 11.7 Å². The second kappa shape index (κ2) is 9.32. The Morgan fingerprint density at radius 2 is 1.92 bits per heavy atom. The molecule has 1 saturated heterocycles. The van der Waals surface area contributed by atoms with E-state index in [0.717, 1.165) is 50.2 Å². The number of aliphatic hydroxyl groups is 1. The Morgan fingerprint density at radius 3 is 2.50 bits per heavy atom. The number of rotatable bonds is 7. The minimum absolute atomic E-state index is 0.0379. The van der Waals surface area contributed by atoms with Crippen molar-refractivity contribution in [2.75, 3.05) is 13.1 Å². The summed E-state index contributed by atoms with van der Waals surface area (Å²) in [7, 11) is 0. The molecule has 1 aliphatic heterocycles. The highest BCUT2D eigenvalue weighted by Crippen LogP contribution is 2.34. The minimum atomic E-state index is -0.989. The summed E-state index contributed by atoms with van der Waals surface area (Å²) in [5.74, 6) is 0.0269. The number of carbonyl (C=O) groups is 1. The van der Waals surface area contributed by atoms with Gasteiger partial charge >= 0.3 is 5.97 Å². The van der Waals surface area contributed by atoms with E-state index in [1.165, 1.54) is 0 Å². The van der Waals surface area contributed by atoms with Gasteiger partial charge in [0.1, 0.15) is 5.76 Å². The molecule has 1 heterocycles. The van der Waals surface area contributed by atoms with Gasteiger partial charge in [-0.15, -0.1) is 0 Å². The summed E-state index contributed by atoms with van der Waals surface area (Å²) in [5, 5.41) is 20.0. The highest BCUT2D eigenvalue weighted by atomic mass is 16.4. The zero-order valence-electron chi connectivity index (χ0n) is 15.7. The van der Waals surface area contributed by atoms with E-state index >= 15 is 0 Å². The van der Waals surface area contributed by atoms with Gasteiger partial charge in [-0.3, -0.25) is 0 Å². The van der Waals surface area contributed by atoms with Crippen LogP contribution in [0.15, 0.2) is 36.2 Å². The van der Waals surface area contributed by atoms with E-state index in [9.17, 15) is 15.0 Å². The molecule has 1 aromatic rings. The summed E-state index contributed by atoms with van der Waals surface area (Å²) in [6.45, 7) is 5.67. The molecule has 1 fully saturated rings. The number of nitrogens with two attached hydrogens (primary N) is 1. The molecular weight excluding hydrogens is 328 g/mol. The molecule has 0 radical (unpaired) electrons. The van der Waals surface area contributed by atoms with E-state index in [1.807, 2.05) is 19.1 Å². The Bertz CT molecular complexity index is 686. The third-order valence-electron chi connectivity index (χ3n) is 4.93. The SMILES string of the molecule is CC/C=C(/O)c1cccc(C2CCN(/C(N)=C/CCC)CC2)c1C(=O)O. The predicted octanol–water partition coefficient (Wildman–Crippen LogP) is 4.47. The van der Waals surface area contributed by atoms with Gasteiger partial charge in [-0.2, -0.15) is 0 Å². The Labute approximate surface area is 155 Å². The van der Waals surface area contributed by atoms with Crippen molar-refractivity contribution < 1.29 is 15.0 Å². The standard InChI is InChI=1S/C21H30N2O3/c1-3-5-10-19(22)23-13-11-15(12-14-23)16-8-6-9-17(18(24)7-4-2)20(16)21(25)26/h6-10,15,24H,3-5,11-14,22H2,1-2H3,(H,25,26)/b18-7+,19-10+. The lowest BCUT2D eigenvalue weighted by atomic mass is 9.84. The van der Waals surface area contributed by atoms with Crippen LogP contribution in [0, 0.1) is 0 Å². The smallest absolute Gasteiger partial charge is 0.336 e. The monoisotopic (exact) mass is 358 g/mol. The van der Waals surface area contributed by atoms with Crippen molar-refractivity contribution in [3.05, 3.63) is 52.9 Å². The molecule has 0 bridgehead atoms. The molecule has 1 aliphatic rings. The van der Waals surface area contributed by atoms with Crippen molar-refractivity contribution in [2.24, 2.45) is 5.73 Å². The average Bonchev–Trinajstić information content (AvgIpc) is 2.65. The predicted molar refractivity (Wildman–Crippen MR) is 105 cm³/mol. The lowest BCUT2D eigenvalue weighted by Crippen LogP contribution is -2.35. The maximum atomic E-state index is 11.9. The van der Waals surface area contributed by atoms with Gasteiger partial charge in [0.2, 0.25) is 0 Å². The van der Waals surface area contributed by atoms with Crippen LogP contribution in [-0.2, 0) is 0 Å². The largest absolute Gasteiger partial charge is 0.508 e. The highest BCUT2D eigenvalue weighted by Gasteiger charge is 2.27. The summed E-state index contributed by atoms with van der Waals surface area (Å²) < 4.78 is 0. The first-order valence-electron chi connectivity index (χ1n) is 9.45. The molecule has 0 aromatic heterocycles. The second-order valence-electron chi connectivity index (χ2n) is 6.75. The summed E-state index contributed by atoms with van der Waals surface area (Å²) in [6, 6.07) is 5.39. The highest BCUT2D eigenvalue weighted by molar-refractivity contribution is 5.95. The average molecular weight is 358 g/mol. The van der Waals surface area contributed by atoms with Crippen molar-refractivity contribution in [3.63, 3.8) is 0 Å². The molecule has 4 N–H and O–H groups in total. The molecule has 0 aliphatic carbocycles. The Hall–Kier alpha value is -2.43. The molecule has 26 heavy (non-hydrogen) atoms. The van der Waals surface area contributed by atoms with E-state index in [1.54, 1.807) is 12.1 Å². The normalized spacial score (nSPS) is 16.8. The first-order valence-corrected chi connectivity index (χ1v) is 9.45. The van der Waals surface area contributed by atoms with Crippen molar-refractivity contribution in [1.82, 2.24) is 4.90 Å². The van der Waals surface area contributed by atoms with Crippen LogP contribution in [0.4, 0.5) is 0 Å². The zero-order chi connectivity index (χ0) is 19.1. The maximum Gasteiger partial charge on any atom is 0.336 e. The van der Waals surface area contributed by atoms with Crippen LogP contribution in [0.2, 0.25) is 0 Å². The maximum absolute atomic E-state index is 11.9. The minimum Gasteiger partial charge on any atom is -0.508 e. The number of likely N-dealkylation sites (tertiary alicyclic amines) is 1. The molecule has 5 heteroatoms. The lowest BCUT2D eigenvalue weighted by molar-refractivity contribution is 0.0693. The molecule has 5 nitrogen and oxygen atoms in total. The Morgan fingerprint density at radius 1 is 1.23 bits per heavy atom. The number of nitrogens with zero attached hydrogens (tertiary/aromatic N) is 1. The molecule has 0 saturated carbocycles. The van der Waals surface area contributed by atoms with Gasteiger partial charge in [0, 0.05) is 18.7 Å². The number of aromatic carboxylic acids is 1. The summed E-state index contributed by atoms with van der Waals surface area (Å²) in [4.78, 5) is 14.1. The summed E-state index contributed by atoms with van der Waals surface area (Å²) in [5.41, 5.74) is 7.58. The van der Waals surface area contributed by atoms with E-state index < -0.39 is 5.97 Å². The quantitative estimate of drug-likeness (QED) is 0.626. The van der Waals surface area contributed by atoms with E-state index in [-0.39, 0.29) is 17.2 Å². The third-order valence-corrected chi connectivity index (χ3v) is 4.93. The fourth-order valence-corrected chi connectivity index (χ4v) is 3.54. The number of allylic oxidation sites excluding steroid dienone is 2. The molecule has 0 unspecified atom stereocenters. The van der Waals surface area contributed by atoms with Gasteiger partial charge in [-0.25, -0.2) is 4.79 Å². The van der Waals surface area contributed by atoms with Crippen LogP contribution in [-0.4, -0.2) is 34.2 Å². The number of aliphatic hydroxyl groups excluding tert-OH is 1. The van der Waals surface area contributed by atoms with E-state index in [2.05, 4.69) is 17.9 Å². The van der Waals surface area contributed by atoms with Crippen molar-refractivity contribution in [2.45, 2.75) is 51.9 Å². The molecule has 1 aromatic carbocycles. The first kappa shape index (κ1) is 19.9. The van der Waals surface area contributed by atoms with Crippen LogP contribution >= 0.6 is 0 Å². The van der Waals surface area contributed by atoms with Crippen LogP contribution < -0.4 is 5.73 Å². The molecule has 2 rings (SSSR count). The van der Waals surface area contributed by atoms with Gasteiger partial charge in [0.25, 0.3) is 0 Å². The van der Waals surface area contributed by atoms with E-state index in [0.29, 0.717) is 12.0 Å². The van der Waals surface area contributed by atoms with Gasteiger partial charge < -0.3 is 20.8 Å². The summed E-state index contributed by atoms with van der Waals surface area (Å²) in [6.07, 6.45) is 8.10. The molecule has 0 spiro atoms. The van der Waals surface area contributed by atoms with Crippen LogP contribution in [0.5, 0.6) is 0 Å². The van der Waals surface area contributed by atoms with Crippen LogP contribution in [0.1, 0.15) is 73.4 Å². The van der Waals surface area contributed by atoms with Crippen molar-refractivity contribution in [1.29, 1.82) is 0 Å². The fraction of sp³-hybridized carbons (Fsp3) is 0.476. The van der Waals surface area contributed by atoms with Gasteiger partial charge in [-0.1, -0.05) is 38.5 Å². The molecule has 0 amide bonds. The van der Waals surface area contributed by atoms with Gasteiger partial charge in [-0.05, 0) is 49.3 Å². The van der Waals surface area contributed by atoms with Crippen LogP contribution in [0.3, 0.4) is 0 Å². The van der Waals surface area contributed by atoms with Gasteiger partial charge in [0.15, 0.2) is 0 Å². The topological polar surface area (TPSA) is 86.8 Å². The van der Waals surface area contributed by atoms with Crippen LogP contribution in [0.25, 0.3) is 5.76 Å². The number of carboxylic acid groups (broad SMARTS) is 1. The number of carboxylic acids is 1. The molecular formula is C21H30N2O3. The third kappa shape index (κ3) is 4.59. The molecule has 0 atom stereocenters. The number of hydrogen-bond donors (Lipinski definition) is 3. The van der Waals surface area contributed by atoms with Crippen molar-refractivity contribution in [3.8, 4) is 0 Å². The number of unbranched alkanes of at least 4 members (excludes halogenated alkanes) is 1. The molecule has 142 valence electrons. The first-order chi connectivity index (χ1) is 12.5.